The molecule has 0 aromatic carbocycles. The average Bonchev–Trinajstić information content (AvgIpc) is 2.91. The molecule has 24 heavy (non-hydrogen) atoms. The number of hydrogen-bond donors (Lipinski definition) is 0. The van der Waals surface area contributed by atoms with Gasteiger partial charge in [-0.25, -0.2) is 9.37 Å². The Labute approximate surface area is 140 Å². The lowest BCUT2D eigenvalue weighted by atomic mass is 9.82. The first kappa shape index (κ1) is 15.2. The highest BCUT2D eigenvalue weighted by Crippen LogP contribution is 2.32. The number of hydrogen-bond acceptors (Lipinski definition) is 3. The number of pyridine rings is 1. The molecule has 0 bridgehead atoms. The van der Waals surface area contributed by atoms with E-state index in [9.17, 15) is 9.18 Å². The molecule has 1 aliphatic carbocycles. The highest BCUT2D eigenvalue weighted by atomic mass is 19.1. The SMILES string of the molecule is O=C(C1CC(F)C1)N1Cc2cccn2C[C@H](Oc2ccccn2)C1. The highest BCUT2D eigenvalue weighted by molar-refractivity contribution is 5.80. The quantitative estimate of drug-likeness (QED) is 0.869. The van der Waals surface area contributed by atoms with Crippen LogP contribution in [0.5, 0.6) is 5.88 Å². The molecular formula is C18H20FN3O2. The number of amides is 1. The van der Waals surface area contributed by atoms with Crippen LogP contribution < -0.4 is 4.74 Å². The zero-order chi connectivity index (χ0) is 16.5. The molecular weight excluding hydrogens is 309 g/mol. The molecule has 126 valence electrons. The van der Waals surface area contributed by atoms with Gasteiger partial charge >= 0.3 is 0 Å². The monoisotopic (exact) mass is 329 g/mol. The number of ether oxygens (including phenoxy) is 1. The van der Waals surface area contributed by atoms with Crippen molar-refractivity contribution in [1.82, 2.24) is 14.5 Å². The van der Waals surface area contributed by atoms with Gasteiger partial charge in [-0.15, -0.1) is 0 Å². The molecule has 2 aliphatic rings. The van der Waals surface area contributed by atoms with Gasteiger partial charge in [-0.2, -0.15) is 0 Å². The van der Waals surface area contributed by atoms with Gasteiger partial charge in [0, 0.05) is 30.1 Å². The van der Waals surface area contributed by atoms with Crippen molar-refractivity contribution in [3.8, 4) is 5.88 Å². The summed E-state index contributed by atoms with van der Waals surface area (Å²) in [5.41, 5.74) is 1.08. The van der Waals surface area contributed by atoms with Gasteiger partial charge in [0.2, 0.25) is 11.8 Å². The van der Waals surface area contributed by atoms with Gasteiger partial charge in [-0.1, -0.05) is 6.07 Å². The largest absolute Gasteiger partial charge is 0.471 e. The fourth-order valence-electron chi connectivity index (χ4n) is 3.39. The maximum atomic E-state index is 13.1. The highest BCUT2D eigenvalue weighted by Gasteiger charge is 2.38. The number of carbonyl (C=O) groups excluding carboxylic acids is 1. The first-order chi connectivity index (χ1) is 11.7. The van der Waals surface area contributed by atoms with Crippen LogP contribution in [0.4, 0.5) is 4.39 Å². The molecule has 0 radical (unpaired) electrons. The topological polar surface area (TPSA) is 47.4 Å². The third-order valence-corrected chi connectivity index (χ3v) is 4.77. The Kier molecular flexibility index (Phi) is 3.96. The number of nitrogens with zero attached hydrogens (tertiary/aromatic N) is 3. The average molecular weight is 329 g/mol. The summed E-state index contributed by atoms with van der Waals surface area (Å²) >= 11 is 0. The standard InChI is InChI=1S/C18H20FN3O2/c19-14-8-13(9-14)18(23)22-10-15-4-3-7-21(15)11-16(12-22)24-17-5-1-2-6-20-17/h1-7,13-14,16H,8-12H2/t13?,14?,16-/m0/s1. The summed E-state index contributed by atoms with van der Waals surface area (Å²) in [4.78, 5) is 18.7. The Balaban J connectivity index is 1.53. The molecule has 6 heteroatoms. The second-order valence-corrected chi connectivity index (χ2v) is 6.54. The summed E-state index contributed by atoms with van der Waals surface area (Å²) in [6.45, 7) is 1.70. The van der Waals surface area contributed by atoms with Crippen LogP contribution in [0.25, 0.3) is 0 Å². The number of halogens is 1. The molecule has 2 aromatic rings. The predicted molar refractivity (Wildman–Crippen MR) is 86.1 cm³/mol. The minimum atomic E-state index is -0.824. The summed E-state index contributed by atoms with van der Waals surface area (Å²) in [5.74, 6) is 0.406. The number of alkyl halides is 1. The van der Waals surface area contributed by atoms with Crippen LogP contribution in [0.2, 0.25) is 0 Å². The van der Waals surface area contributed by atoms with Crippen LogP contribution in [-0.4, -0.2) is 39.2 Å². The van der Waals surface area contributed by atoms with E-state index in [-0.39, 0.29) is 17.9 Å². The van der Waals surface area contributed by atoms with E-state index in [0.29, 0.717) is 38.4 Å². The third-order valence-electron chi connectivity index (χ3n) is 4.77. The Morgan fingerprint density at radius 1 is 1.21 bits per heavy atom. The van der Waals surface area contributed by atoms with Gasteiger partial charge < -0.3 is 14.2 Å². The Morgan fingerprint density at radius 3 is 2.83 bits per heavy atom. The molecule has 2 aromatic heterocycles. The van der Waals surface area contributed by atoms with Crippen LogP contribution >= 0.6 is 0 Å². The Bertz CT molecular complexity index is 712. The molecule has 0 unspecified atom stereocenters. The molecule has 1 saturated carbocycles. The molecule has 1 aliphatic heterocycles. The second-order valence-electron chi connectivity index (χ2n) is 6.54. The zero-order valence-electron chi connectivity index (χ0n) is 13.3. The van der Waals surface area contributed by atoms with Crippen molar-refractivity contribution in [3.63, 3.8) is 0 Å². The molecule has 0 spiro atoms. The summed E-state index contributed by atoms with van der Waals surface area (Å²) < 4.78 is 21.2. The summed E-state index contributed by atoms with van der Waals surface area (Å²) in [6.07, 6.45) is 3.38. The second kappa shape index (κ2) is 6.26. The Morgan fingerprint density at radius 2 is 2.08 bits per heavy atom. The molecule has 1 fully saturated rings. The van der Waals surface area contributed by atoms with Gasteiger partial charge in [0.05, 0.1) is 19.6 Å². The van der Waals surface area contributed by atoms with Crippen molar-refractivity contribution in [1.29, 1.82) is 0 Å². The molecule has 5 nitrogen and oxygen atoms in total. The summed E-state index contributed by atoms with van der Waals surface area (Å²) in [6, 6.07) is 9.51. The van der Waals surface area contributed by atoms with Gasteiger partial charge in [0.15, 0.2) is 0 Å². The first-order valence-electron chi connectivity index (χ1n) is 8.33. The van der Waals surface area contributed by atoms with Crippen molar-refractivity contribution in [3.05, 3.63) is 48.4 Å². The molecule has 1 atom stereocenters. The van der Waals surface area contributed by atoms with E-state index in [1.807, 2.05) is 41.4 Å². The van der Waals surface area contributed by atoms with Crippen LogP contribution in [0.1, 0.15) is 18.5 Å². The third kappa shape index (κ3) is 3.00. The number of aromatic nitrogens is 2. The van der Waals surface area contributed by atoms with E-state index in [1.165, 1.54) is 0 Å². The maximum absolute atomic E-state index is 13.1. The molecule has 4 rings (SSSR count). The molecule has 0 saturated heterocycles. The number of carbonyl (C=O) groups is 1. The van der Waals surface area contributed by atoms with Crippen LogP contribution in [0, 0.1) is 5.92 Å². The van der Waals surface area contributed by atoms with Crippen LogP contribution in [0.15, 0.2) is 42.7 Å². The van der Waals surface area contributed by atoms with Crippen molar-refractivity contribution < 1.29 is 13.9 Å². The maximum Gasteiger partial charge on any atom is 0.226 e. The fraction of sp³-hybridized carbons (Fsp3) is 0.444. The summed E-state index contributed by atoms with van der Waals surface area (Å²) in [7, 11) is 0. The molecule has 0 N–H and O–H groups in total. The van der Waals surface area contributed by atoms with Crippen molar-refractivity contribution in [2.75, 3.05) is 6.54 Å². The molecule has 3 heterocycles. The number of rotatable bonds is 3. The first-order valence-corrected chi connectivity index (χ1v) is 8.33. The van der Waals surface area contributed by atoms with Crippen molar-refractivity contribution >= 4 is 5.91 Å². The van der Waals surface area contributed by atoms with Gasteiger partial charge in [-0.05, 0) is 31.0 Å². The smallest absolute Gasteiger partial charge is 0.226 e. The summed E-state index contributed by atoms with van der Waals surface area (Å²) in [5, 5.41) is 0. The van der Waals surface area contributed by atoms with Gasteiger partial charge in [0.25, 0.3) is 0 Å². The lowest BCUT2D eigenvalue weighted by Crippen LogP contribution is -2.45. The number of fused-ring (bicyclic) bond motifs is 1. The zero-order valence-corrected chi connectivity index (χ0v) is 13.3. The van der Waals surface area contributed by atoms with E-state index in [4.69, 9.17) is 4.74 Å². The van der Waals surface area contributed by atoms with Gasteiger partial charge in [-0.3, -0.25) is 4.79 Å². The fourth-order valence-corrected chi connectivity index (χ4v) is 3.39. The minimum Gasteiger partial charge on any atom is -0.471 e. The predicted octanol–water partition coefficient (Wildman–Crippen LogP) is 2.42. The van der Waals surface area contributed by atoms with Crippen LogP contribution in [-0.2, 0) is 17.9 Å². The lowest BCUT2D eigenvalue weighted by Gasteiger charge is -2.34. The molecule has 1 amide bonds. The van der Waals surface area contributed by atoms with E-state index in [1.54, 1.807) is 6.20 Å². The minimum absolute atomic E-state index is 0.0353. The lowest BCUT2D eigenvalue weighted by molar-refractivity contribution is -0.142. The van der Waals surface area contributed by atoms with E-state index < -0.39 is 6.17 Å². The Hall–Kier alpha value is -2.37. The van der Waals surface area contributed by atoms with Crippen LogP contribution in [0.3, 0.4) is 0 Å². The normalized spacial score (nSPS) is 26.2. The van der Waals surface area contributed by atoms with Crippen molar-refractivity contribution in [2.45, 2.75) is 38.2 Å². The van der Waals surface area contributed by atoms with E-state index in [0.717, 1.165) is 5.69 Å². The van der Waals surface area contributed by atoms with E-state index in [2.05, 4.69) is 9.55 Å². The van der Waals surface area contributed by atoms with Gasteiger partial charge in [0.1, 0.15) is 12.3 Å². The van der Waals surface area contributed by atoms with E-state index >= 15 is 0 Å². The van der Waals surface area contributed by atoms with Crippen molar-refractivity contribution in [2.24, 2.45) is 5.92 Å².